The summed E-state index contributed by atoms with van der Waals surface area (Å²) in [6.45, 7) is 7.88. The van der Waals surface area contributed by atoms with Crippen LogP contribution in [0.3, 0.4) is 0 Å². The molecule has 4 aromatic rings. The van der Waals surface area contributed by atoms with Gasteiger partial charge in [0, 0.05) is 33.6 Å². The van der Waals surface area contributed by atoms with E-state index in [1.807, 2.05) is 42.5 Å². The minimum Gasteiger partial charge on any atom is -0.493 e. The Morgan fingerprint density at radius 2 is 1.67 bits per heavy atom. The highest BCUT2D eigenvalue weighted by atomic mass is 35.5. The zero-order valence-corrected chi connectivity index (χ0v) is 23.6. The van der Waals surface area contributed by atoms with Gasteiger partial charge in [0.15, 0.2) is 0 Å². The molecule has 0 saturated carbocycles. The van der Waals surface area contributed by atoms with Gasteiger partial charge in [-0.25, -0.2) is 4.79 Å². The zero-order chi connectivity index (χ0) is 27.6. The van der Waals surface area contributed by atoms with Crippen LogP contribution >= 0.6 is 11.6 Å². The normalized spacial score (nSPS) is 15.3. The second kappa shape index (κ2) is 11.4. The Hall–Kier alpha value is -3.38. The zero-order valence-electron chi connectivity index (χ0n) is 22.8. The van der Waals surface area contributed by atoms with Crippen molar-refractivity contribution in [2.45, 2.75) is 52.5 Å². The minimum atomic E-state index is -0.412. The van der Waals surface area contributed by atoms with Crippen molar-refractivity contribution in [1.82, 2.24) is 9.88 Å². The lowest BCUT2D eigenvalue weighted by Gasteiger charge is -2.35. The average molecular weight is 541 g/mol. The monoisotopic (exact) mass is 540 g/mol. The largest absolute Gasteiger partial charge is 0.493 e. The predicted molar refractivity (Wildman–Crippen MR) is 159 cm³/mol. The van der Waals surface area contributed by atoms with E-state index >= 15 is 0 Å². The van der Waals surface area contributed by atoms with Gasteiger partial charge in [0.1, 0.15) is 25.4 Å². The Bertz CT molecular complexity index is 1440. The van der Waals surface area contributed by atoms with Crippen LogP contribution in [0.1, 0.15) is 62.9 Å². The third-order valence-electron chi connectivity index (χ3n) is 8.40. The van der Waals surface area contributed by atoms with Gasteiger partial charge >= 0.3 is 6.09 Å². The standard InChI is InChI=1S/C32H34BClN2O3/c1-4-32(5-2,6-3)20-38-24-12-7-21(8-13-24)30-29-26(27-19-22(33)9-16-28(27)35-29)17-18-36(30)31(37)39-25-14-10-23(34)11-15-25/h7-16,19,30,35H,4-6,17-18,20H2,1-3H3. The number of carbonyl (C=O) groups excluding carboxylic acids is 1. The van der Waals surface area contributed by atoms with E-state index in [2.05, 4.69) is 25.8 Å². The highest BCUT2D eigenvalue weighted by Gasteiger charge is 2.36. The van der Waals surface area contributed by atoms with E-state index in [-0.39, 0.29) is 11.5 Å². The molecule has 2 heterocycles. The summed E-state index contributed by atoms with van der Waals surface area (Å²) >= 11 is 6.02. The smallest absolute Gasteiger partial charge is 0.416 e. The van der Waals surface area contributed by atoms with Crippen LogP contribution in [0.5, 0.6) is 11.5 Å². The summed E-state index contributed by atoms with van der Waals surface area (Å²) in [6, 6.07) is 20.4. The summed E-state index contributed by atoms with van der Waals surface area (Å²) in [4.78, 5) is 18.9. The van der Waals surface area contributed by atoms with Crippen LogP contribution in [0.2, 0.25) is 5.02 Å². The molecule has 1 atom stereocenters. The van der Waals surface area contributed by atoms with Crippen LogP contribution in [-0.2, 0) is 6.42 Å². The van der Waals surface area contributed by atoms with Gasteiger partial charge < -0.3 is 14.5 Å². The number of carbonyl (C=O) groups is 1. The average Bonchev–Trinajstić information content (AvgIpc) is 3.33. The molecule has 5 rings (SSSR count). The summed E-state index contributed by atoms with van der Waals surface area (Å²) in [5.41, 5.74) is 5.04. The number of aromatic amines is 1. The van der Waals surface area contributed by atoms with Gasteiger partial charge in [0.25, 0.3) is 0 Å². The topological polar surface area (TPSA) is 54.6 Å². The van der Waals surface area contributed by atoms with Crippen LogP contribution in [-0.4, -0.2) is 37.0 Å². The van der Waals surface area contributed by atoms with Crippen molar-refractivity contribution in [2.75, 3.05) is 13.2 Å². The molecule has 1 N–H and O–H groups in total. The Labute approximate surface area is 236 Å². The lowest BCUT2D eigenvalue weighted by molar-refractivity contribution is 0.127. The van der Waals surface area contributed by atoms with Crippen LogP contribution < -0.4 is 14.9 Å². The third kappa shape index (κ3) is 5.53. The number of aromatic nitrogens is 1. The van der Waals surface area contributed by atoms with Gasteiger partial charge in [-0.15, -0.1) is 0 Å². The molecule has 1 aliphatic rings. The molecular weight excluding hydrogens is 507 g/mol. The van der Waals surface area contributed by atoms with E-state index in [0.717, 1.165) is 47.2 Å². The van der Waals surface area contributed by atoms with Crippen molar-refractivity contribution in [3.63, 3.8) is 0 Å². The van der Waals surface area contributed by atoms with Crippen molar-refractivity contribution in [3.8, 4) is 11.5 Å². The minimum absolute atomic E-state index is 0.186. The van der Waals surface area contributed by atoms with Gasteiger partial charge in [0.05, 0.1) is 6.61 Å². The second-order valence-corrected chi connectivity index (χ2v) is 10.8. The molecule has 200 valence electrons. The molecule has 1 aromatic heterocycles. The SMILES string of the molecule is [B]c1ccc2[nH]c3c(c2c1)CCN(C(=O)Oc1ccc(Cl)cc1)C3c1ccc(OCC(CC)(CC)CC)cc1. The molecule has 0 fully saturated rings. The molecule has 0 saturated heterocycles. The van der Waals surface area contributed by atoms with Crippen molar-refractivity contribution in [2.24, 2.45) is 5.41 Å². The Kier molecular flexibility index (Phi) is 7.94. The Morgan fingerprint density at radius 3 is 2.33 bits per heavy atom. The van der Waals surface area contributed by atoms with E-state index in [1.54, 1.807) is 29.2 Å². The van der Waals surface area contributed by atoms with E-state index < -0.39 is 6.09 Å². The molecule has 1 unspecified atom stereocenters. The summed E-state index contributed by atoms with van der Waals surface area (Å²) in [5.74, 6) is 1.28. The quantitative estimate of drug-likeness (QED) is 0.238. The number of halogens is 1. The highest BCUT2D eigenvalue weighted by molar-refractivity contribution is 6.33. The van der Waals surface area contributed by atoms with Crippen molar-refractivity contribution in [3.05, 3.63) is 88.6 Å². The molecule has 2 radical (unpaired) electrons. The first-order valence-corrected chi connectivity index (χ1v) is 14.1. The molecule has 1 aliphatic heterocycles. The Morgan fingerprint density at radius 1 is 1.00 bits per heavy atom. The first kappa shape index (κ1) is 27.2. The van der Waals surface area contributed by atoms with E-state index in [1.165, 1.54) is 5.56 Å². The summed E-state index contributed by atoms with van der Waals surface area (Å²) in [7, 11) is 6.12. The summed E-state index contributed by atoms with van der Waals surface area (Å²) in [5, 5.41) is 1.68. The van der Waals surface area contributed by atoms with Gasteiger partial charge in [-0.3, -0.25) is 4.90 Å². The molecule has 7 heteroatoms. The van der Waals surface area contributed by atoms with Crippen LogP contribution in [0.25, 0.3) is 10.9 Å². The number of benzene rings is 3. The molecule has 5 nitrogen and oxygen atoms in total. The molecule has 0 bridgehead atoms. The third-order valence-corrected chi connectivity index (χ3v) is 8.65. The van der Waals surface area contributed by atoms with Crippen LogP contribution in [0.4, 0.5) is 4.79 Å². The number of hydrogen-bond donors (Lipinski definition) is 1. The lowest BCUT2D eigenvalue weighted by Crippen LogP contribution is -2.42. The summed E-state index contributed by atoms with van der Waals surface area (Å²) in [6.07, 6.45) is 3.53. The van der Waals surface area contributed by atoms with E-state index in [4.69, 9.17) is 28.9 Å². The first-order valence-electron chi connectivity index (χ1n) is 13.7. The number of nitrogens with zero attached hydrogens (tertiary/aromatic N) is 1. The van der Waals surface area contributed by atoms with Gasteiger partial charge in [0.2, 0.25) is 0 Å². The first-order chi connectivity index (χ1) is 18.9. The van der Waals surface area contributed by atoms with Crippen LogP contribution in [0, 0.1) is 5.41 Å². The fraction of sp³-hybridized carbons (Fsp3) is 0.344. The molecular formula is C32H34BClN2O3. The van der Waals surface area contributed by atoms with E-state index in [9.17, 15) is 4.79 Å². The highest BCUT2D eigenvalue weighted by Crippen LogP contribution is 2.39. The number of amides is 1. The number of fused-ring (bicyclic) bond motifs is 3. The molecule has 39 heavy (non-hydrogen) atoms. The molecule has 3 aromatic carbocycles. The second-order valence-electron chi connectivity index (χ2n) is 10.4. The molecule has 0 spiro atoms. The maximum Gasteiger partial charge on any atom is 0.416 e. The Balaban J connectivity index is 1.47. The fourth-order valence-electron chi connectivity index (χ4n) is 5.55. The van der Waals surface area contributed by atoms with E-state index in [0.29, 0.717) is 35.8 Å². The maximum atomic E-state index is 13.5. The van der Waals surface area contributed by atoms with Gasteiger partial charge in [-0.1, -0.05) is 62.1 Å². The van der Waals surface area contributed by atoms with Gasteiger partial charge in [-0.05, 0) is 79.3 Å². The number of rotatable bonds is 8. The number of nitrogens with one attached hydrogen (secondary N) is 1. The molecule has 1 amide bonds. The summed E-state index contributed by atoms with van der Waals surface area (Å²) < 4.78 is 12.0. The van der Waals surface area contributed by atoms with Crippen molar-refractivity contribution in [1.29, 1.82) is 0 Å². The number of ether oxygens (including phenoxy) is 2. The van der Waals surface area contributed by atoms with Crippen molar-refractivity contribution < 1.29 is 14.3 Å². The molecule has 0 aliphatic carbocycles. The van der Waals surface area contributed by atoms with Crippen molar-refractivity contribution >= 4 is 41.9 Å². The predicted octanol–water partition coefficient (Wildman–Crippen LogP) is 7.36. The number of H-pyrrole nitrogens is 1. The number of hydrogen-bond acceptors (Lipinski definition) is 3. The lowest BCUT2D eigenvalue weighted by atomic mass is 9.81. The maximum absolute atomic E-state index is 13.5. The van der Waals surface area contributed by atoms with Crippen LogP contribution in [0.15, 0.2) is 66.7 Å². The fourth-order valence-corrected chi connectivity index (χ4v) is 5.68. The van der Waals surface area contributed by atoms with Gasteiger partial charge in [-0.2, -0.15) is 0 Å².